The fraction of sp³-hybridized carbons (Fsp3) is 0.192. The van der Waals surface area contributed by atoms with Crippen LogP contribution < -0.4 is 9.47 Å². The molecule has 0 N–H and O–H groups in total. The molecule has 36 heavy (non-hydrogen) atoms. The van der Waals surface area contributed by atoms with Gasteiger partial charge in [0.15, 0.2) is 16.7 Å². The van der Waals surface area contributed by atoms with Crippen LogP contribution in [-0.4, -0.2) is 33.3 Å². The summed E-state index contributed by atoms with van der Waals surface area (Å²) in [5.41, 5.74) is 2.86. The van der Waals surface area contributed by atoms with E-state index in [4.69, 9.17) is 9.47 Å². The van der Waals surface area contributed by atoms with E-state index in [1.54, 1.807) is 30.3 Å². The van der Waals surface area contributed by atoms with E-state index in [0.29, 0.717) is 33.6 Å². The van der Waals surface area contributed by atoms with E-state index in [2.05, 4.69) is 16.3 Å². The highest BCUT2D eigenvalue weighted by molar-refractivity contribution is 7.99. The first-order valence-electron chi connectivity index (χ1n) is 11.0. The van der Waals surface area contributed by atoms with Crippen molar-refractivity contribution in [2.45, 2.75) is 23.9 Å². The van der Waals surface area contributed by atoms with E-state index < -0.39 is 5.25 Å². The highest BCUT2D eigenvalue weighted by Gasteiger charge is 2.25. The molecular formula is C26H23N5O4S. The Bertz CT molecular complexity index is 1400. The number of methoxy groups -OCH3 is 1. The molecular weight excluding hydrogens is 478 g/mol. The molecule has 1 aromatic heterocycles. The number of benzene rings is 3. The van der Waals surface area contributed by atoms with Gasteiger partial charge < -0.3 is 9.47 Å². The van der Waals surface area contributed by atoms with E-state index in [0.717, 1.165) is 11.3 Å². The van der Waals surface area contributed by atoms with Gasteiger partial charge in [0, 0.05) is 16.2 Å². The molecule has 0 saturated carbocycles. The van der Waals surface area contributed by atoms with Crippen LogP contribution in [0.1, 0.15) is 27.8 Å². The van der Waals surface area contributed by atoms with Crippen molar-refractivity contribution < 1.29 is 14.4 Å². The molecule has 4 aromatic rings. The maximum Gasteiger partial charge on any atom is 0.220 e. The summed E-state index contributed by atoms with van der Waals surface area (Å²) in [6, 6.07) is 24.2. The number of nitro groups is 1. The maximum absolute atomic E-state index is 11.5. The molecule has 3 aromatic carbocycles. The molecule has 0 fully saturated rings. The van der Waals surface area contributed by atoms with Crippen molar-refractivity contribution in [2.75, 3.05) is 13.7 Å². The van der Waals surface area contributed by atoms with Gasteiger partial charge in [-0.25, -0.2) is 0 Å². The largest absolute Gasteiger partial charge is 0.493 e. The standard InChI is InChI=1S/C26H23N5O4S/c1-18-28-29-26(31(18)22-10-4-3-5-11-22)36-25(16-30(32)33)19-12-13-23(24(14-19)34-2)35-17-21-9-7-6-8-20(21)15-27/h3-14,25H,16-17H2,1-2H3/t25-/m1/s1. The molecule has 1 heterocycles. The van der Waals surface area contributed by atoms with Crippen molar-refractivity contribution in [3.05, 3.63) is 105 Å². The van der Waals surface area contributed by atoms with E-state index in [9.17, 15) is 15.4 Å². The first-order valence-corrected chi connectivity index (χ1v) is 11.9. The third kappa shape index (κ3) is 5.64. The van der Waals surface area contributed by atoms with Crippen molar-refractivity contribution in [2.24, 2.45) is 0 Å². The Morgan fingerprint density at radius 3 is 2.56 bits per heavy atom. The van der Waals surface area contributed by atoms with Crippen LogP contribution in [0.2, 0.25) is 0 Å². The monoisotopic (exact) mass is 501 g/mol. The van der Waals surface area contributed by atoms with Gasteiger partial charge in [0.2, 0.25) is 6.54 Å². The quantitative estimate of drug-likeness (QED) is 0.166. The van der Waals surface area contributed by atoms with Gasteiger partial charge in [-0.1, -0.05) is 54.2 Å². The van der Waals surface area contributed by atoms with Gasteiger partial charge in [0.05, 0.1) is 18.7 Å². The topological polar surface area (TPSA) is 116 Å². The first kappa shape index (κ1) is 24.8. The lowest BCUT2D eigenvalue weighted by Gasteiger charge is -2.17. The van der Waals surface area contributed by atoms with Crippen molar-refractivity contribution >= 4 is 11.8 Å². The number of aryl methyl sites for hydroxylation is 1. The van der Waals surface area contributed by atoms with E-state index in [1.807, 2.05) is 54.0 Å². The molecule has 0 aliphatic heterocycles. The molecule has 0 unspecified atom stereocenters. The van der Waals surface area contributed by atoms with E-state index in [-0.39, 0.29) is 18.1 Å². The Morgan fingerprint density at radius 2 is 1.83 bits per heavy atom. The second-order valence-corrected chi connectivity index (χ2v) is 8.96. The number of nitriles is 1. The second-order valence-electron chi connectivity index (χ2n) is 7.79. The number of hydrogen-bond donors (Lipinski definition) is 0. The van der Waals surface area contributed by atoms with Crippen molar-refractivity contribution in [1.29, 1.82) is 5.26 Å². The number of hydrogen-bond acceptors (Lipinski definition) is 8. The molecule has 4 rings (SSSR count). The van der Waals surface area contributed by atoms with Crippen molar-refractivity contribution in [3.8, 4) is 23.3 Å². The lowest BCUT2D eigenvalue weighted by molar-refractivity contribution is -0.479. The van der Waals surface area contributed by atoms with E-state index >= 15 is 0 Å². The zero-order valence-corrected chi connectivity index (χ0v) is 20.5. The van der Waals surface area contributed by atoms with Crippen LogP contribution in [-0.2, 0) is 6.61 Å². The molecule has 1 atom stereocenters. The summed E-state index contributed by atoms with van der Waals surface area (Å²) in [4.78, 5) is 11.2. The van der Waals surface area contributed by atoms with Crippen molar-refractivity contribution in [1.82, 2.24) is 14.8 Å². The molecule has 0 radical (unpaired) electrons. The smallest absolute Gasteiger partial charge is 0.220 e. The Hall–Kier alpha value is -4.36. The van der Waals surface area contributed by atoms with Gasteiger partial charge in [0.25, 0.3) is 0 Å². The Balaban J connectivity index is 1.61. The number of ether oxygens (including phenoxy) is 2. The summed E-state index contributed by atoms with van der Waals surface area (Å²) >= 11 is 1.27. The minimum Gasteiger partial charge on any atom is -0.493 e. The van der Waals surface area contributed by atoms with Gasteiger partial charge in [-0.05, 0) is 42.8 Å². The molecule has 0 spiro atoms. The van der Waals surface area contributed by atoms with Gasteiger partial charge in [-0.3, -0.25) is 14.7 Å². The summed E-state index contributed by atoms with van der Waals surface area (Å²) in [6.45, 7) is 1.71. The fourth-order valence-corrected chi connectivity index (χ4v) is 4.85. The Labute approximate surface area is 212 Å². The minimum absolute atomic E-state index is 0.186. The van der Waals surface area contributed by atoms with Crippen LogP contribution in [0.25, 0.3) is 5.69 Å². The van der Waals surface area contributed by atoms with Crippen LogP contribution in [0.15, 0.2) is 78.0 Å². The van der Waals surface area contributed by atoms with Gasteiger partial charge in [-0.2, -0.15) is 5.26 Å². The van der Waals surface area contributed by atoms with Crippen LogP contribution in [0.4, 0.5) is 0 Å². The number of rotatable bonds is 10. The average molecular weight is 502 g/mol. The maximum atomic E-state index is 11.5. The van der Waals surface area contributed by atoms with Crippen molar-refractivity contribution in [3.63, 3.8) is 0 Å². The highest BCUT2D eigenvalue weighted by atomic mass is 32.2. The zero-order valence-electron chi connectivity index (χ0n) is 19.7. The number of nitrogens with zero attached hydrogens (tertiary/aromatic N) is 5. The van der Waals surface area contributed by atoms with Crippen LogP contribution >= 0.6 is 11.8 Å². The third-order valence-electron chi connectivity index (χ3n) is 5.45. The lowest BCUT2D eigenvalue weighted by Crippen LogP contribution is -2.11. The molecule has 9 nitrogen and oxygen atoms in total. The first-order chi connectivity index (χ1) is 17.5. The summed E-state index contributed by atoms with van der Waals surface area (Å²) in [5.74, 6) is 1.60. The molecule has 0 saturated heterocycles. The summed E-state index contributed by atoms with van der Waals surface area (Å²) in [7, 11) is 1.51. The summed E-state index contributed by atoms with van der Waals surface area (Å²) < 4.78 is 13.3. The number of thioether (sulfide) groups is 1. The highest BCUT2D eigenvalue weighted by Crippen LogP contribution is 2.39. The molecule has 0 aliphatic rings. The molecule has 0 amide bonds. The van der Waals surface area contributed by atoms with Crippen LogP contribution in [0.3, 0.4) is 0 Å². The number of para-hydroxylation sites is 1. The second kappa shape index (κ2) is 11.4. The van der Waals surface area contributed by atoms with E-state index in [1.165, 1.54) is 18.9 Å². The normalized spacial score (nSPS) is 11.5. The lowest BCUT2D eigenvalue weighted by atomic mass is 10.1. The predicted molar refractivity (Wildman–Crippen MR) is 135 cm³/mol. The SMILES string of the molecule is COc1cc([C@@H](C[N+](=O)[O-])Sc2nnc(C)n2-c2ccccc2)ccc1OCc1ccccc1C#N. The molecule has 182 valence electrons. The minimum atomic E-state index is -0.548. The van der Waals surface area contributed by atoms with Gasteiger partial charge in [0.1, 0.15) is 17.7 Å². The predicted octanol–water partition coefficient (Wildman–Crippen LogP) is 5.15. The molecule has 0 bridgehead atoms. The Morgan fingerprint density at radius 1 is 1.08 bits per heavy atom. The summed E-state index contributed by atoms with van der Waals surface area (Å²) in [6.07, 6.45) is 0. The fourth-order valence-electron chi connectivity index (χ4n) is 3.68. The van der Waals surface area contributed by atoms with Crippen LogP contribution in [0.5, 0.6) is 11.5 Å². The average Bonchev–Trinajstić information content (AvgIpc) is 3.27. The Kier molecular flexibility index (Phi) is 7.82. The van der Waals surface area contributed by atoms with Gasteiger partial charge in [-0.15, -0.1) is 10.2 Å². The number of aromatic nitrogens is 3. The molecule has 10 heteroatoms. The zero-order chi connectivity index (χ0) is 25.5. The summed E-state index contributed by atoms with van der Waals surface area (Å²) in [5, 5.41) is 29.3. The molecule has 0 aliphatic carbocycles. The third-order valence-corrected chi connectivity index (χ3v) is 6.63. The van der Waals surface area contributed by atoms with Gasteiger partial charge >= 0.3 is 0 Å². The van der Waals surface area contributed by atoms with Crippen LogP contribution in [0, 0.1) is 28.4 Å².